The first-order valence-electron chi connectivity index (χ1n) is 4.70. The van der Waals surface area contributed by atoms with Crippen LogP contribution in [-0.4, -0.2) is 27.6 Å². The van der Waals surface area contributed by atoms with Crippen LogP contribution in [0.3, 0.4) is 0 Å². The fourth-order valence-corrected chi connectivity index (χ4v) is 1.32. The number of hydrogen-bond donors (Lipinski definition) is 1. The first-order valence-corrected chi connectivity index (χ1v) is 4.70. The van der Waals surface area contributed by atoms with Gasteiger partial charge in [0.2, 0.25) is 0 Å². The zero-order valence-corrected chi connectivity index (χ0v) is 9.32. The molecule has 0 aromatic heterocycles. The van der Waals surface area contributed by atoms with Crippen LogP contribution in [0.15, 0.2) is 18.2 Å². The Balaban J connectivity index is 2.83. The molecule has 0 aliphatic carbocycles. The monoisotopic (exact) mass is 211 g/mol. The zero-order valence-electron chi connectivity index (χ0n) is 9.32. The van der Waals surface area contributed by atoms with Gasteiger partial charge in [0.25, 0.3) is 0 Å². The number of methoxy groups -OCH3 is 3. The van der Waals surface area contributed by atoms with Gasteiger partial charge in [-0.3, -0.25) is 0 Å². The van der Waals surface area contributed by atoms with E-state index in [-0.39, 0.29) is 6.23 Å². The smallest absolute Gasteiger partial charge is 0.160 e. The normalized spacial score (nSPS) is 12.3. The van der Waals surface area contributed by atoms with E-state index in [1.54, 1.807) is 21.3 Å². The molecule has 1 aromatic rings. The molecular formula is C11H17NO3. The molecule has 1 atom stereocenters. The number of hydrogen-bond acceptors (Lipinski definition) is 4. The molecule has 15 heavy (non-hydrogen) atoms. The molecule has 0 amide bonds. The van der Waals surface area contributed by atoms with Crippen LogP contribution in [0.5, 0.6) is 11.5 Å². The van der Waals surface area contributed by atoms with Gasteiger partial charge in [-0.1, -0.05) is 6.07 Å². The van der Waals surface area contributed by atoms with Crippen molar-refractivity contribution in [2.24, 2.45) is 5.73 Å². The van der Waals surface area contributed by atoms with E-state index in [2.05, 4.69) is 0 Å². The maximum Gasteiger partial charge on any atom is 0.160 e. The van der Waals surface area contributed by atoms with Gasteiger partial charge >= 0.3 is 0 Å². The van der Waals surface area contributed by atoms with Crippen LogP contribution in [-0.2, 0) is 11.2 Å². The first kappa shape index (κ1) is 11.8. The van der Waals surface area contributed by atoms with Gasteiger partial charge in [0.05, 0.1) is 14.2 Å². The van der Waals surface area contributed by atoms with Gasteiger partial charge in [-0.25, -0.2) is 0 Å². The van der Waals surface area contributed by atoms with Crippen LogP contribution in [0.1, 0.15) is 5.56 Å². The number of ether oxygens (including phenoxy) is 3. The Kier molecular flexibility index (Phi) is 4.39. The van der Waals surface area contributed by atoms with Gasteiger partial charge in [-0.2, -0.15) is 0 Å². The van der Waals surface area contributed by atoms with Crippen molar-refractivity contribution in [2.45, 2.75) is 12.6 Å². The van der Waals surface area contributed by atoms with Crippen molar-refractivity contribution in [1.29, 1.82) is 0 Å². The van der Waals surface area contributed by atoms with E-state index in [1.165, 1.54) is 0 Å². The van der Waals surface area contributed by atoms with Crippen molar-refractivity contribution in [3.63, 3.8) is 0 Å². The molecule has 0 radical (unpaired) electrons. The Morgan fingerprint density at radius 2 is 1.80 bits per heavy atom. The third kappa shape index (κ3) is 3.11. The minimum atomic E-state index is -0.289. The standard InChI is InChI=1S/C11H17NO3/c1-13-9-5-4-8(6-10(9)14-2)7-11(12)15-3/h4-6,11H,7,12H2,1-3H3. The van der Waals surface area contributed by atoms with Crippen molar-refractivity contribution < 1.29 is 14.2 Å². The minimum Gasteiger partial charge on any atom is -0.493 e. The van der Waals surface area contributed by atoms with E-state index in [9.17, 15) is 0 Å². The average Bonchev–Trinajstić information content (AvgIpc) is 2.28. The van der Waals surface area contributed by atoms with E-state index in [1.807, 2.05) is 18.2 Å². The molecule has 0 heterocycles. The summed E-state index contributed by atoms with van der Waals surface area (Å²) in [4.78, 5) is 0. The first-order chi connectivity index (χ1) is 7.21. The van der Waals surface area contributed by atoms with E-state index in [0.29, 0.717) is 17.9 Å². The second-order valence-electron chi connectivity index (χ2n) is 3.17. The molecular weight excluding hydrogens is 194 g/mol. The van der Waals surface area contributed by atoms with Crippen molar-refractivity contribution in [3.05, 3.63) is 23.8 Å². The summed E-state index contributed by atoms with van der Waals surface area (Å²) in [6, 6.07) is 5.70. The highest BCUT2D eigenvalue weighted by Crippen LogP contribution is 2.27. The summed E-state index contributed by atoms with van der Waals surface area (Å²) in [7, 11) is 4.81. The Morgan fingerprint density at radius 3 is 2.33 bits per heavy atom. The van der Waals surface area contributed by atoms with Gasteiger partial charge in [-0.05, 0) is 17.7 Å². The van der Waals surface area contributed by atoms with E-state index in [0.717, 1.165) is 5.56 Å². The topological polar surface area (TPSA) is 53.7 Å². The highest BCUT2D eigenvalue weighted by molar-refractivity contribution is 5.42. The molecule has 0 spiro atoms. The highest BCUT2D eigenvalue weighted by Gasteiger charge is 2.07. The average molecular weight is 211 g/mol. The van der Waals surface area contributed by atoms with Crippen LogP contribution in [0.25, 0.3) is 0 Å². The predicted octanol–water partition coefficient (Wildman–Crippen LogP) is 1.18. The summed E-state index contributed by atoms with van der Waals surface area (Å²) in [6.45, 7) is 0. The molecule has 4 heteroatoms. The molecule has 2 N–H and O–H groups in total. The van der Waals surface area contributed by atoms with E-state index < -0.39 is 0 Å². The molecule has 0 saturated heterocycles. The fraction of sp³-hybridized carbons (Fsp3) is 0.455. The largest absolute Gasteiger partial charge is 0.493 e. The zero-order chi connectivity index (χ0) is 11.3. The Bertz CT molecular complexity index is 315. The van der Waals surface area contributed by atoms with Crippen molar-refractivity contribution >= 4 is 0 Å². The van der Waals surface area contributed by atoms with Crippen molar-refractivity contribution in [3.8, 4) is 11.5 Å². The summed E-state index contributed by atoms with van der Waals surface area (Å²) in [5.74, 6) is 1.42. The molecule has 0 saturated carbocycles. The summed E-state index contributed by atoms with van der Waals surface area (Å²) >= 11 is 0. The predicted molar refractivity (Wildman–Crippen MR) is 58.2 cm³/mol. The van der Waals surface area contributed by atoms with Gasteiger partial charge < -0.3 is 19.9 Å². The highest BCUT2D eigenvalue weighted by atomic mass is 16.5. The van der Waals surface area contributed by atoms with Crippen LogP contribution in [0, 0.1) is 0 Å². The molecule has 1 aromatic carbocycles. The third-order valence-electron chi connectivity index (χ3n) is 2.19. The fourth-order valence-electron chi connectivity index (χ4n) is 1.32. The lowest BCUT2D eigenvalue weighted by Gasteiger charge is -2.12. The number of benzene rings is 1. The lowest BCUT2D eigenvalue weighted by molar-refractivity contribution is 0.109. The summed E-state index contributed by atoms with van der Waals surface area (Å²) in [6.07, 6.45) is 0.361. The second kappa shape index (κ2) is 5.58. The van der Waals surface area contributed by atoms with Gasteiger partial charge in [0.1, 0.15) is 6.23 Å². The van der Waals surface area contributed by atoms with Gasteiger partial charge in [-0.15, -0.1) is 0 Å². The maximum absolute atomic E-state index is 5.67. The molecule has 1 rings (SSSR count). The number of nitrogens with two attached hydrogens (primary N) is 1. The SMILES string of the molecule is COc1ccc(CC(N)OC)cc1OC. The van der Waals surface area contributed by atoms with Crippen LogP contribution in [0.4, 0.5) is 0 Å². The Morgan fingerprint density at radius 1 is 1.13 bits per heavy atom. The van der Waals surface area contributed by atoms with E-state index >= 15 is 0 Å². The maximum atomic E-state index is 5.67. The quantitative estimate of drug-likeness (QED) is 0.743. The van der Waals surface area contributed by atoms with Crippen LogP contribution in [0.2, 0.25) is 0 Å². The minimum absolute atomic E-state index is 0.289. The molecule has 0 fully saturated rings. The summed E-state index contributed by atoms with van der Waals surface area (Å²) < 4.78 is 15.3. The van der Waals surface area contributed by atoms with Crippen molar-refractivity contribution in [1.82, 2.24) is 0 Å². The van der Waals surface area contributed by atoms with Gasteiger partial charge in [0.15, 0.2) is 11.5 Å². The summed E-state index contributed by atoms with van der Waals surface area (Å²) in [5.41, 5.74) is 6.73. The second-order valence-corrected chi connectivity index (χ2v) is 3.17. The van der Waals surface area contributed by atoms with Gasteiger partial charge in [0, 0.05) is 13.5 Å². The molecule has 1 unspecified atom stereocenters. The molecule has 4 nitrogen and oxygen atoms in total. The number of rotatable bonds is 5. The molecule has 84 valence electrons. The molecule has 0 bridgehead atoms. The van der Waals surface area contributed by atoms with E-state index in [4.69, 9.17) is 19.9 Å². The Labute approximate surface area is 89.9 Å². The van der Waals surface area contributed by atoms with Crippen LogP contribution >= 0.6 is 0 Å². The Hall–Kier alpha value is -1.26. The van der Waals surface area contributed by atoms with Crippen molar-refractivity contribution in [2.75, 3.05) is 21.3 Å². The summed E-state index contributed by atoms with van der Waals surface area (Å²) in [5, 5.41) is 0. The lowest BCUT2D eigenvalue weighted by Crippen LogP contribution is -2.24. The molecule has 0 aliphatic heterocycles. The molecule has 0 aliphatic rings. The van der Waals surface area contributed by atoms with Crippen LogP contribution < -0.4 is 15.2 Å². The third-order valence-corrected chi connectivity index (χ3v) is 2.19. The lowest BCUT2D eigenvalue weighted by atomic mass is 10.1.